The molecule has 0 amide bonds. The number of halogens is 1. The van der Waals surface area contributed by atoms with Crippen molar-refractivity contribution in [3.05, 3.63) is 23.5 Å². The Bertz CT molecular complexity index is 470. The van der Waals surface area contributed by atoms with Crippen LogP contribution in [0.2, 0.25) is 0 Å². The Morgan fingerprint density at radius 3 is 2.65 bits per heavy atom. The number of carboxylic acid groups (broad SMARTS) is 1. The highest BCUT2D eigenvalue weighted by atomic mass is 19.1. The zero-order chi connectivity index (χ0) is 12.6. The maximum atomic E-state index is 13.6. The summed E-state index contributed by atoms with van der Waals surface area (Å²) in [6.45, 7) is 1.99. The molecular formula is C12H15FN2O2. The van der Waals surface area contributed by atoms with Crippen molar-refractivity contribution in [3.8, 4) is 0 Å². The van der Waals surface area contributed by atoms with E-state index in [9.17, 15) is 9.18 Å². The highest BCUT2D eigenvalue weighted by Crippen LogP contribution is 2.36. The Labute approximate surface area is 98.6 Å². The number of aromatic carboxylic acids is 1. The highest BCUT2D eigenvalue weighted by molar-refractivity contribution is 5.94. The molecule has 0 atom stereocenters. The molecule has 17 heavy (non-hydrogen) atoms. The summed E-state index contributed by atoms with van der Waals surface area (Å²) in [5.41, 5.74) is 5.40. The number of nitrogen functional groups attached to an aromatic ring is 1. The largest absolute Gasteiger partial charge is 0.478 e. The van der Waals surface area contributed by atoms with Gasteiger partial charge in [-0.1, -0.05) is 0 Å². The van der Waals surface area contributed by atoms with Crippen molar-refractivity contribution in [2.75, 3.05) is 11.1 Å². The van der Waals surface area contributed by atoms with E-state index in [-0.39, 0.29) is 22.5 Å². The van der Waals surface area contributed by atoms with Crippen LogP contribution in [0.15, 0.2) is 12.1 Å². The van der Waals surface area contributed by atoms with E-state index in [4.69, 9.17) is 10.8 Å². The minimum Gasteiger partial charge on any atom is -0.478 e. The predicted molar refractivity (Wildman–Crippen MR) is 63.7 cm³/mol. The minimum absolute atomic E-state index is 0.0562. The van der Waals surface area contributed by atoms with Crippen molar-refractivity contribution in [3.63, 3.8) is 0 Å². The molecule has 1 aromatic carbocycles. The third-order valence-electron chi connectivity index (χ3n) is 3.26. The van der Waals surface area contributed by atoms with Crippen LogP contribution >= 0.6 is 0 Å². The van der Waals surface area contributed by atoms with Gasteiger partial charge in [-0.25, -0.2) is 9.18 Å². The molecule has 1 saturated carbocycles. The first-order chi connectivity index (χ1) is 7.91. The molecule has 5 heteroatoms. The number of hydrogen-bond acceptors (Lipinski definition) is 3. The Kier molecular flexibility index (Phi) is 2.69. The maximum absolute atomic E-state index is 13.6. The van der Waals surface area contributed by atoms with Crippen molar-refractivity contribution in [1.82, 2.24) is 0 Å². The Morgan fingerprint density at radius 1 is 1.53 bits per heavy atom. The summed E-state index contributed by atoms with van der Waals surface area (Å²) in [7, 11) is 0. The molecule has 1 aliphatic rings. The van der Waals surface area contributed by atoms with Gasteiger partial charge in [-0.2, -0.15) is 0 Å². The first-order valence-corrected chi connectivity index (χ1v) is 5.52. The third kappa shape index (κ3) is 2.18. The molecule has 1 aliphatic carbocycles. The van der Waals surface area contributed by atoms with Gasteiger partial charge in [0.2, 0.25) is 0 Å². The van der Waals surface area contributed by atoms with Gasteiger partial charge in [0, 0.05) is 11.2 Å². The second-order valence-corrected chi connectivity index (χ2v) is 4.76. The van der Waals surface area contributed by atoms with Gasteiger partial charge in [-0.15, -0.1) is 0 Å². The molecule has 0 saturated heterocycles. The van der Waals surface area contributed by atoms with Gasteiger partial charge < -0.3 is 16.2 Å². The van der Waals surface area contributed by atoms with Crippen LogP contribution in [0.5, 0.6) is 0 Å². The number of carbonyl (C=O) groups is 1. The summed E-state index contributed by atoms with van der Waals surface area (Å²) in [5.74, 6) is -1.66. The quantitative estimate of drug-likeness (QED) is 0.707. The standard InChI is InChI=1S/C12H15FN2O2/c1-12(3-2-4-12)15-10-5-7(11(16)17)9(14)6-8(10)13/h5-6,15H,2-4,14H2,1H3,(H,16,17). The maximum Gasteiger partial charge on any atom is 0.337 e. The number of hydrogen-bond donors (Lipinski definition) is 3. The van der Waals surface area contributed by atoms with Crippen molar-refractivity contribution < 1.29 is 14.3 Å². The van der Waals surface area contributed by atoms with Crippen molar-refractivity contribution in [2.24, 2.45) is 0 Å². The van der Waals surface area contributed by atoms with Gasteiger partial charge in [0.15, 0.2) is 0 Å². The molecule has 4 N–H and O–H groups in total. The third-order valence-corrected chi connectivity index (χ3v) is 3.26. The summed E-state index contributed by atoms with van der Waals surface area (Å²) in [5, 5.41) is 12.0. The molecule has 0 aliphatic heterocycles. The van der Waals surface area contributed by atoms with Crippen LogP contribution in [0.3, 0.4) is 0 Å². The summed E-state index contributed by atoms with van der Waals surface area (Å²) < 4.78 is 13.6. The summed E-state index contributed by atoms with van der Waals surface area (Å²) >= 11 is 0. The predicted octanol–water partition coefficient (Wildman–Crippen LogP) is 2.46. The second kappa shape index (κ2) is 3.91. The Balaban J connectivity index is 2.33. The van der Waals surface area contributed by atoms with E-state index in [2.05, 4.69) is 5.32 Å². The molecule has 1 fully saturated rings. The molecule has 2 rings (SSSR count). The number of nitrogens with one attached hydrogen (secondary N) is 1. The summed E-state index contributed by atoms with van der Waals surface area (Å²) in [6.07, 6.45) is 3.02. The van der Waals surface area contributed by atoms with Gasteiger partial charge in [0.25, 0.3) is 0 Å². The molecule has 0 heterocycles. The summed E-state index contributed by atoms with van der Waals surface area (Å²) in [4.78, 5) is 10.9. The van der Waals surface area contributed by atoms with E-state index in [1.807, 2.05) is 6.92 Å². The van der Waals surface area contributed by atoms with Crippen LogP contribution in [0, 0.1) is 5.82 Å². The monoisotopic (exact) mass is 238 g/mol. The fraction of sp³-hybridized carbons (Fsp3) is 0.417. The highest BCUT2D eigenvalue weighted by Gasteiger charge is 2.32. The van der Waals surface area contributed by atoms with Gasteiger partial charge >= 0.3 is 5.97 Å². The van der Waals surface area contributed by atoms with Crippen LogP contribution in [0.4, 0.5) is 15.8 Å². The van der Waals surface area contributed by atoms with E-state index in [1.165, 1.54) is 6.07 Å². The van der Waals surface area contributed by atoms with Gasteiger partial charge in [-0.3, -0.25) is 0 Å². The SMILES string of the molecule is CC1(Nc2cc(C(=O)O)c(N)cc2F)CCC1. The lowest BCUT2D eigenvalue weighted by atomic mass is 9.78. The Morgan fingerprint density at radius 2 is 2.18 bits per heavy atom. The fourth-order valence-electron chi connectivity index (χ4n) is 2.03. The molecular weight excluding hydrogens is 223 g/mol. The normalized spacial score (nSPS) is 17.3. The summed E-state index contributed by atoms with van der Waals surface area (Å²) in [6, 6.07) is 2.31. The van der Waals surface area contributed by atoms with Gasteiger partial charge in [0.1, 0.15) is 5.82 Å². The fourth-order valence-corrected chi connectivity index (χ4v) is 2.03. The molecule has 0 unspecified atom stereocenters. The molecule has 92 valence electrons. The molecule has 0 bridgehead atoms. The van der Waals surface area contributed by atoms with Crippen LogP contribution in [-0.4, -0.2) is 16.6 Å². The zero-order valence-corrected chi connectivity index (χ0v) is 9.59. The van der Waals surface area contributed by atoms with E-state index in [1.54, 1.807) is 0 Å². The molecule has 0 radical (unpaired) electrons. The minimum atomic E-state index is -1.15. The first kappa shape index (κ1) is 11.7. The smallest absolute Gasteiger partial charge is 0.337 e. The average molecular weight is 238 g/mol. The topological polar surface area (TPSA) is 75.3 Å². The lowest BCUT2D eigenvalue weighted by molar-refractivity contribution is 0.0698. The van der Waals surface area contributed by atoms with E-state index < -0.39 is 11.8 Å². The van der Waals surface area contributed by atoms with Crippen LogP contribution < -0.4 is 11.1 Å². The van der Waals surface area contributed by atoms with Gasteiger partial charge in [-0.05, 0) is 38.3 Å². The van der Waals surface area contributed by atoms with Crippen molar-refractivity contribution in [2.45, 2.75) is 31.7 Å². The number of benzene rings is 1. The molecule has 0 aromatic heterocycles. The zero-order valence-electron chi connectivity index (χ0n) is 9.59. The molecule has 4 nitrogen and oxygen atoms in total. The average Bonchev–Trinajstić information content (AvgIpc) is 2.19. The van der Waals surface area contributed by atoms with Crippen LogP contribution in [-0.2, 0) is 0 Å². The van der Waals surface area contributed by atoms with E-state index in [0.717, 1.165) is 25.3 Å². The molecule has 1 aromatic rings. The number of carboxylic acids is 1. The number of nitrogens with two attached hydrogens (primary N) is 1. The van der Waals surface area contributed by atoms with E-state index in [0.29, 0.717) is 0 Å². The lowest BCUT2D eigenvalue weighted by Gasteiger charge is -2.40. The molecule has 0 spiro atoms. The van der Waals surface area contributed by atoms with Crippen molar-refractivity contribution >= 4 is 17.3 Å². The second-order valence-electron chi connectivity index (χ2n) is 4.76. The van der Waals surface area contributed by atoms with E-state index >= 15 is 0 Å². The lowest BCUT2D eigenvalue weighted by Crippen LogP contribution is -2.41. The Hall–Kier alpha value is -1.78. The number of anilines is 2. The first-order valence-electron chi connectivity index (χ1n) is 5.52. The van der Waals surface area contributed by atoms with Crippen molar-refractivity contribution in [1.29, 1.82) is 0 Å². The van der Waals surface area contributed by atoms with Crippen LogP contribution in [0.25, 0.3) is 0 Å². The number of rotatable bonds is 3. The van der Waals surface area contributed by atoms with Crippen LogP contribution in [0.1, 0.15) is 36.5 Å². The van der Waals surface area contributed by atoms with Gasteiger partial charge in [0.05, 0.1) is 11.3 Å².